The molecule has 148 valence electrons. The molecule has 4 nitrogen and oxygen atoms in total. The fourth-order valence-corrected chi connectivity index (χ4v) is 4.53. The zero-order valence-electron chi connectivity index (χ0n) is 16.5. The Morgan fingerprint density at radius 2 is 2.00 bits per heavy atom. The van der Waals surface area contributed by atoms with Crippen molar-refractivity contribution in [2.45, 2.75) is 44.2 Å². The first-order valence-corrected chi connectivity index (χ1v) is 9.96. The maximum Gasteiger partial charge on any atom is 0.252 e. The molecule has 2 aromatic rings. The fraction of sp³-hybridized carbons (Fsp3) is 0.435. The summed E-state index contributed by atoms with van der Waals surface area (Å²) in [6, 6.07) is 12.9. The normalized spacial score (nSPS) is 23.2. The molecule has 5 heteroatoms. The number of carbonyl (C=O) groups is 1. The van der Waals surface area contributed by atoms with E-state index in [9.17, 15) is 9.18 Å². The number of fused-ring (bicyclic) bond motifs is 1. The SMILES string of the molecule is COc1ccc2c(c1)C(=O)N[C@@]1(CC2)CCN([C@H](C)Cc2ccc(F)cc2)C1. The Bertz CT molecular complexity index is 867. The van der Waals surface area contributed by atoms with Gasteiger partial charge in [0.15, 0.2) is 0 Å². The van der Waals surface area contributed by atoms with E-state index < -0.39 is 0 Å². The highest BCUT2D eigenvalue weighted by Gasteiger charge is 2.42. The topological polar surface area (TPSA) is 41.6 Å². The Labute approximate surface area is 165 Å². The van der Waals surface area contributed by atoms with Crippen molar-refractivity contribution in [2.75, 3.05) is 20.2 Å². The van der Waals surface area contributed by atoms with Crippen molar-refractivity contribution >= 4 is 5.91 Å². The lowest BCUT2D eigenvalue weighted by atomic mass is 9.91. The molecule has 2 aliphatic rings. The third-order valence-corrected chi connectivity index (χ3v) is 6.26. The van der Waals surface area contributed by atoms with Crippen molar-refractivity contribution in [2.24, 2.45) is 0 Å². The number of rotatable bonds is 4. The maximum atomic E-state index is 13.1. The average Bonchev–Trinajstić information content (AvgIpc) is 3.06. The molecule has 0 aromatic heterocycles. The second kappa shape index (κ2) is 7.55. The summed E-state index contributed by atoms with van der Waals surface area (Å²) in [5.41, 5.74) is 2.78. The van der Waals surface area contributed by atoms with Gasteiger partial charge in [-0.15, -0.1) is 0 Å². The van der Waals surface area contributed by atoms with E-state index >= 15 is 0 Å². The van der Waals surface area contributed by atoms with Crippen molar-refractivity contribution in [3.63, 3.8) is 0 Å². The number of likely N-dealkylation sites (tertiary alicyclic amines) is 1. The van der Waals surface area contributed by atoms with E-state index in [0.29, 0.717) is 11.8 Å². The second-order valence-corrected chi connectivity index (χ2v) is 8.16. The molecule has 2 heterocycles. The third kappa shape index (κ3) is 3.76. The van der Waals surface area contributed by atoms with Crippen molar-refractivity contribution in [3.05, 3.63) is 65.0 Å². The summed E-state index contributed by atoms with van der Waals surface area (Å²) in [7, 11) is 1.62. The van der Waals surface area contributed by atoms with Gasteiger partial charge >= 0.3 is 0 Å². The minimum atomic E-state index is -0.200. The lowest BCUT2D eigenvalue weighted by molar-refractivity contribution is 0.0898. The smallest absolute Gasteiger partial charge is 0.252 e. The molecule has 0 bridgehead atoms. The van der Waals surface area contributed by atoms with Gasteiger partial charge in [-0.1, -0.05) is 18.2 Å². The Kier molecular flexibility index (Phi) is 5.11. The Morgan fingerprint density at radius 1 is 1.21 bits per heavy atom. The van der Waals surface area contributed by atoms with Crippen LogP contribution in [0.15, 0.2) is 42.5 Å². The quantitative estimate of drug-likeness (QED) is 0.879. The van der Waals surface area contributed by atoms with E-state index in [0.717, 1.165) is 55.5 Å². The zero-order chi connectivity index (χ0) is 19.7. The van der Waals surface area contributed by atoms with E-state index in [1.54, 1.807) is 7.11 Å². The number of nitrogens with zero attached hydrogens (tertiary/aromatic N) is 1. The fourth-order valence-electron chi connectivity index (χ4n) is 4.53. The van der Waals surface area contributed by atoms with Crippen LogP contribution in [-0.2, 0) is 12.8 Å². The summed E-state index contributed by atoms with van der Waals surface area (Å²) < 4.78 is 18.4. The molecular weight excluding hydrogens is 355 g/mol. The molecule has 1 amide bonds. The van der Waals surface area contributed by atoms with Gasteiger partial charge in [0.1, 0.15) is 11.6 Å². The zero-order valence-corrected chi connectivity index (χ0v) is 16.5. The van der Waals surface area contributed by atoms with Gasteiger partial charge in [0.25, 0.3) is 5.91 Å². The summed E-state index contributed by atoms with van der Waals surface area (Å²) in [5, 5.41) is 3.33. The van der Waals surface area contributed by atoms with Gasteiger partial charge in [-0.05, 0) is 68.0 Å². The van der Waals surface area contributed by atoms with Gasteiger partial charge in [-0.2, -0.15) is 0 Å². The number of ether oxygens (including phenoxy) is 1. The Balaban J connectivity index is 1.45. The number of nitrogens with one attached hydrogen (secondary N) is 1. The van der Waals surface area contributed by atoms with Gasteiger partial charge in [0.05, 0.1) is 12.6 Å². The maximum absolute atomic E-state index is 13.1. The van der Waals surface area contributed by atoms with Gasteiger partial charge in [-0.3, -0.25) is 9.69 Å². The number of aryl methyl sites for hydroxylation is 1. The first-order valence-electron chi connectivity index (χ1n) is 9.96. The summed E-state index contributed by atoms with van der Waals surface area (Å²) >= 11 is 0. The van der Waals surface area contributed by atoms with Gasteiger partial charge < -0.3 is 10.1 Å². The van der Waals surface area contributed by atoms with Crippen molar-refractivity contribution in [1.29, 1.82) is 0 Å². The molecule has 1 saturated heterocycles. The molecular formula is C23H27FN2O2. The molecule has 2 aliphatic heterocycles. The van der Waals surface area contributed by atoms with Crippen molar-refractivity contribution in [3.8, 4) is 5.75 Å². The van der Waals surface area contributed by atoms with Crippen LogP contribution >= 0.6 is 0 Å². The summed E-state index contributed by atoms with van der Waals surface area (Å²) in [6.07, 6.45) is 3.66. The molecule has 0 aliphatic carbocycles. The van der Waals surface area contributed by atoms with Crippen LogP contribution in [0.1, 0.15) is 41.3 Å². The van der Waals surface area contributed by atoms with Crippen LogP contribution in [0.3, 0.4) is 0 Å². The molecule has 1 fully saturated rings. The highest BCUT2D eigenvalue weighted by Crippen LogP contribution is 2.33. The lowest BCUT2D eigenvalue weighted by Crippen LogP contribution is -2.50. The molecule has 4 rings (SSSR count). The van der Waals surface area contributed by atoms with Gasteiger partial charge in [0, 0.05) is 24.7 Å². The van der Waals surface area contributed by atoms with Gasteiger partial charge in [0.2, 0.25) is 0 Å². The first kappa shape index (κ1) is 18.9. The first-order chi connectivity index (χ1) is 13.5. The van der Waals surface area contributed by atoms with Crippen molar-refractivity contribution in [1.82, 2.24) is 10.2 Å². The summed E-state index contributed by atoms with van der Waals surface area (Å²) in [6.45, 7) is 4.02. The van der Waals surface area contributed by atoms with Crippen LogP contribution in [0, 0.1) is 5.82 Å². The monoisotopic (exact) mass is 382 g/mol. The van der Waals surface area contributed by atoms with Crippen LogP contribution in [0.5, 0.6) is 5.75 Å². The minimum absolute atomic E-state index is 0.000521. The second-order valence-electron chi connectivity index (χ2n) is 8.16. The highest BCUT2D eigenvalue weighted by atomic mass is 19.1. The van der Waals surface area contributed by atoms with E-state index in [1.807, 2.05) is 30.3 Å². The minimum Gasteiger partial charge on any atom is -0.497 e. The van der Waals surface area contributed by atoms with E-state index in [4.69, 9.17) is 4.74 Å². The standard InChI is InChI=1S/C23H27FN2O2/c1-16(13-17-3-6-19(24)7-4-17)26-12-11-23(15-26)10-9-18-5-8-20(28-2)14-21(18)22(27)25-23/h3-8,14,16H,9-13,15H2,1-2H3,(H,25,27)/t16-,23+/m1/s1. The van der Waals surface area contributed by atoms with Crippen LogP contribution < -0.4 is 10.1 Å². The van der Waals surface area contributed by atoms with Crippen molar-refractivity contribution < 1.29 is 13.9 Å². The molecule has 1 N–H and O–H groups in total. The Morgan fingerprint density at radius 3 is 2.75 bits per heavy atom. The molecule has 0 radical (unpaired) electrons. The number of hydrogen-bond acceptors (Lipinski definition) is 3. The molecule has 0 unspecified atom stereocenters. The molecule has 2 atom stereocenters. The predicted molar refractivity (Wildman–Crippen MR) is 107 cm³/mol. The highest BCUT2D eigenvalue weighted by molar-refractivity contribution is 5.97. The van der Waals surface area contributed by atoms with Crippen LogP contribution in [0.25, 0.3) is 0 Å². The van der Waals surface area contributed by atoms with Gasteiger partial charge in [-0.25, -0.2) is 4.39 Å². The molecule has 28 heavy (non-hydrogen) atoms. The van der Waals surface area contributed by atoms with Crippen LogP contribution in [0.4, 0.5) is 4.39 Å². The van der Waals surface area contributed by atoms with E-state index in [2.05, 4.69) is 17.1 Å². The largest absolute Gasteiger partial charge is 0.497 e. The number of hydrogen-bond donors (Lipinski definition) is 1. The third-order valence-electron chi connectivity index (χ3n) is 6.26. The summed E-state index contributed by atoms with van der Waals surface area (Å²) in [4.78, 5) is 15.4. The molecule has 0 saturated carbocycles. The van der Waals surface area contributed by atoms with E-state index in [-0.39, 0.29) is 17.3 Å². The molecule has 2 aromatic carbocycles. The number of carbonyl (C=O) groups excluding carboxylic acids is 1. The number of benzene rings is 2. The number of halogens is 1. The van der Waals surface area contributed by atoms with Crippen LogP contribution in [0.2, 0.25) is 0 Å². The molecule has 1 spiro atoms. The predicted octanol–water partition coefficient (Wildman–Crippen LogP) is 3.59. The van der Waals surface area contributed by atoms with E-state index in [1.165, 1.54) is 12.1 Å². The Hall–Kier alpha value is -2.40. The van der Waals surface area contributed by atoms with Crippen LogP contribution in [-0.4, -0.2) is 42.6 Å². The lowest BCUT2D eigenvalue weighted by Gasteiger charge is -2.31. The number of amides is 1. The summed E-state index contributed by atoms with van der Waals surface area (Å²) in [5.74, 6) is 0.513. The number of methoxy groups -OCH3 is 1. The average molecular weight is 382 g/mol.